The molecule has 0 radical (unpaired) electrons. The molecule has 7 nitrogen and oxygen atoms in total. The summed E-state index contributed by atoms with van der Waals surface area (Å²) in [5.41, 5.74) is 5.00. The lowest BCUT2D eigenvalue weighted by atomic mass is 9.90. The molecule has 2 aliphatic rings. The molecule has 150 valence electrons. The molecule has 2 aromatic rings. The van der Waals surface area contributed by atoms with Crippen molar-refractivity contribution in [2.24, 2.45) is 11.7 Å². The van der Waals surface area contributed by atoms with E-state index in [1.165, 1.54) is 25.3 Å². The average molecular weight is 388 g/mol. The number of hydrogen-bond acceptors (Lipinski definition) is 4. The monoisotopic (exact) mass is 388 g/mol. The minimum absolute atomic E-state index is 0.0180. The average Bonchev–Trinajstić information content (AvgIpc) is 3.04. The molecule has 0 spiro atoms. The molecule has 2 heterocycles. The zero-order valence-corrected chi connectivity index (χ0v) is 15.8. The molecule has 1 fully saturated rings. The van der Waals surface area contributed by atoms with Crippen LogP contribution in [-0.4, -0.2) is 26.9 Å². The predicted octanol–water partition coefficient (Wildman–Crippen LogP) is 2.57. The van der Waals surface area contributed by atoms with Gasteiger partial charge in [-0.3, -0.25) is 9.36 Å². The molecule has 0 unspecified atom stereocenters. The number of ether oxygens (including phenoxy) is 1. The fourth-order valence-corrected chi connectivity index (χ4v) is 4.13. The number of benzene rings is 1. The van der Waals surface area contributed by atoms with E-state index < -0.39 is 11.7 Å². The van der Waals surface area contributed by atoms with Crippen LogP contribution in [0.15, 0.2) is 16.9 Å². The van der Waals surface area contributed by atoms with E-state index in [-0.39, 0.29) is 22.7 Å². The zero-order valence-electron chi connectivity index (χ0n) is 15.8. The molecule has 1 aliphatic carbocycles. The smallest absolute Gasteiger partial charge is 0.350 e. The zero-order chi connectivity index (χ0) is 19.7. The molecule has 1 aromatic carbocycles. The summed E-state index contributed by atoms with van der Waals surface area (Å²) in [6.45, 7) is 1.03. The van der Waals surface area contributed by atoms with Gasteiger partial charge >= 0.3 is 5.69 Å². The van der Waals surface area contributed by atoms with Gasteiger partial charge in [0.15, 0.2) is 0 Å². The van der Waals surface area contributed by atoms with Crippen molar-refractivity contribution in [2.45, 2.75) is 57.9 Å². The summed E-state index contributed by atoms with van der Waals surface area (Å²) in [5, 5.41) is 4.30. The van der Waals surface area contributed by atoms with Gasteiger partial charge in [-0.2, -0.15) is 4.68 Å². The molecule has 0 saturated heterocycles. The maximum Gasteiger partial charge on any atom is 0.350 e. The van der Waals surface area contributed by atoms with Gasteiger partial charge in [0.1, 0.15) is 23.1 Å². The molecule has 1 amide bonds. The number of nitrogens with two attached hydrogens (primary N) is 1. The second-order valence-corrected chi connectivity index (χ2v) is 7.70. The summed E-state index contributed by atoms with van der Waals surface area (Å²) in [4.78, 5) is 24.5. The molecular formula is C20H25FN4O3. The Hall–Kier alpha value is -2.64. The third kappa shape index (κ3) is 3.55. The van der Waals surface area contributed by atoms with Crippen LogP contribution in [0, 0.1) is 11.7 Å². The predicted molar refractivity (Wildman–Crippen MR) is 101 cm³/mol. The highest BCUT2D eigenvalue weighted by atomic mass is 19.1. The lowest BCUT2D eigenvalue weighted by molar-refractivity contribution is 0.0994. The van der Waals surface area contributed by atoms with Crippen LogP contribution in [0.3, 0.4) is 0 Å². The SMILES string of the molecule is NC(=O)c1cc(F)c(-n2nc3n(c2=O)CCCC3)cc1OCC1CCCCC1. The molecular weight excluding hydrogens is 363 g/mol. The van der Waals surface area contributed by atoms with Gasteiger partial charge in [0, 0.05) is 19.0 Å². The normalized spacial score (nSPS) is 17.3. The van der Waals surface area contributed by atoms with Crippen LogP contribution < -0.4 is 16.2 Å². The van der Waals surface area contributed by atoms with E-state index in [1.54, 1.807) is 4.57 Å². The van der Waals surface area contributed by atoms with Gasteiger partial charge in [-0.1, -0.05) is 19.3 Å². The fourth-order valence-electron chi connectivity index (χ4n) is 4.13. The van der Waals surface area contributed by atoms with Crippen LogP contribution in [-0.2, 0) is 13.0 Å². The van der Waals surface area contributed by atoms with E-state index >= 15 is 0 Å². The van der Waals surface area contributed by atoms with Gasteiger partial charge in [0.05, 0.1) is 12.2 Å². The highest BCUT2D eigenvalue weighted by Crippen LogP contribution is 2.28. The van der Waals surface area contributed by atoms with Crippen molar-refractivity contribution in [1.82, 2.24) is 14.3 Å². The van der Waals surface area contributed by atoms with E-state index in [0.29, 0.717) is 31.3 Å². The number of carbonyl (C=O) groups is 1. The molecule has 1 saturated carbocycles. The summed E-state index contributed by atoms with van der Waals surface area (Å²) in [6, 6.07) is 2.41. The number of nitrogens with zero attached hydrogens (tertiary/aromatic N) is 3. The lowest BCUT2D eigenvalue weighted by Gasteiger charge is -2.22. The number of fused-ring (bicyclic) bond motifs is 1. The Morgan fingerprint density at radius 3 is 2.71 bits per heavy atom. The Morgan fingerprint density at radius 2 is 2.00 bits per heavy atom. The Bertz CT molecular complexity index is 944. The van der Waals surface area contributed by atoms with Crippen molar-refractivity contribution in [1.29, 1.82) is 0 Å². The molecule has 2 N–H and O–H groups in total. The van der Waals surface area contributed by atoms with Crippen LogP contribution in [0.2, 0.25) is 0 Å². The quantitative estimate of drug-likeness (QED) is 0.852. The minimum atomic E-state index is -0.763. The van der Waals surface area contributed by atoms with E-state index in [4.69, 9.17) is 10.5 Å². The first-order chi connectivity index (χ1) is 13.5. The maximum absolute atomic E-state index is 14.7. The number of rotatable bonds is 5. The van der Waals surface area contributed by atoms with Gasteiger partial charge in [0.25, 0.3) is 5.91 Å². The summed E-state index contributed by atoms with van der Waals surface area (Å²) in [5.74, 6) is -0.228. The molecule has 4 rings (SSSR count). The summed E-state index contributed by atoms with van der Waals surface area (Å²) in [6.07, 6.45) is 8.26. The van der Waals surface area contributed by atoms with E-state index in [1.807, 2.05) is 0 Å². The second-order valence-electron chi connectivity index (χ2n) is 7.70. The number of halogens is 1. The largest absolute Gasteiger partial charge is 0.492 e. The first-order valence-electron chi connectivity index (χ1n) is 10.00. The van der Waals surface area contributed by atoms with Crippen LogP contribution in [0.25, 0.3) is 5.69 Å². The van der Waals surface area contributed by atoms with Gasteiger partial charge in [-0.15, -0.1) is 5.10 Å². The van der Waals surface area contributed by atoms with E-state index in [2.05, 4.69) is 5.10 Å². The first kappa shape index (κ1) is 18.7. The van der Waals surface area contributed by atoms with Crippen molar-refractivity contribution in [3.8, 4) is 11.4 Å². The summed E-state index contributed by atoms with van der Waals surface area (Å²) in [7, 11) is 0. The Kier molecular flexibility index (Phi) is 5.19. The highest BCUT2D eigenvalue weighted by molar-refractivity contribution is 5.96. The number of aromatic nitrogens is 3. The number of carbonyl (C=O) groups excluding carboxylic acids is 1. The standard InChI is InChI=1S/C20H25FN4O3/c21-15-10-14(19(22)26)17(28-12-13-6-2-1-3-7-13)11-16(15)25-20(27)24-9-5-4-8-18(24)23-25/h10-11,13H,1-9,12H2,(H2,22,26). The lowest BCUT2D eigenvalue weighted by Crippen LogP contribution is -2.27. The van der Waals surface area contributed by atoms with E-state index in [9.17, 15) is 14.0 Å². The third-order valence-corrected chi connectivity index (χ3v) is 5.71. The molecule has 1 aliphatic heterocycles. The molecule has 1 aromatic heterocycles. The molecule has 0 atom stereocenters. The first-order valence-corrected chi connectivity index (χ1v) is 10.00. The second kappa shape index (κ2) is 7.77. The van der Waals surface area contributed by atoms with Crippen molar-refractivity contribution in [3.63, 3.8) is 0 Å². The number of hydrogen-bond donors (Lipinski definition) is 1. The minimum Gasteiger partial charge on any atom is -0.492 e. The van der Waals surface area contributed by atoms with Gasteiger partial charge in [0.2, 0.25) is 0 Å². The fraction of sp³-hybridized carbons (Fsp3) is 0.550. The molecule has 0 bridgehead atoms. The van der Waals surface area contributed by atoms with Gasteiger partial charge in [-0.05, 0) is 37.7 Å². The van der Waals surface area contributed by atoms with Crippen molar-refractivity contribution in [2.75, 3.05) is 6.61 Å². The summed E-state index contributed by atoms with van der Waals surface area (Å²) < 4.78 is 23.3. The third-order valence-electron chi connectivity index (χ3n) is 5.71. The van der Waals surface area contributed by atoms with Crippen molar-refractivity contribution in [3.05, 3.63) is 39.8 Å². The molecule has 8 heteroatoms. The van der Waals surface area contributed by atoms with Gasteiger partial charge < -0.3 is 10.5 Å². The topological polar surface area (TPSA) is 92.1 Å². The number of primary amides is 1. The Labute approximate surface area is 162 Å². The highest BCUT2D eigenvalue weighted by Gasteiger charge is 2.23. The Morgan fingerprint density at radius 1 is 1.21 bits per heavy atom. The van der Waals surface area contributed by atoms with Crippen molar-refractivity contribution < 1.29 is 13.9 Å². The van der Waals surface area contributed by atoms with Crippen LogP contribution in [0.1, 0.15) is 61.1 Å². The van der Waals surface area contributed by atoms with Crippen LogP contribution in [0.5, 0.6) is 5.75 Å². The van der Waals surface area contributed by atoms with E-state index in [0.717, 1.165) is 36.4 Å². The van der Waals surface area contributed by atoms with Crippen LogP contribution >= 0.6 is 0 Å². The van der Waals surface area contributed by atoms with Crippen molar-refractivity contribution >= 4 is 5.91 Å². The maximum atomic E-state index is 14.7. The van der Waals surface area contributed by atoms with Gasteiger partial charge in [-0.25, -0.2) is 9.18 Å². The Balaban J connectivity index is 1.69. The summed E-state index contributed by atoms with van der Waals surface area (Å²) >= 11 is 0. The number of aryl methyl sites for hydroxylation is 1. The molecule has 28 heavy (non-hydrogen) atoms. The number of amides is 1. The van der Waals surface area contributed by atoms with Crippen LogP contribution in [0.4, 0.5) is 4.39 Å².